The lowest BCUT2D eigenvalue weighted by Gasteiger charge is -1.99. The fraction of sp³-hybridized carbons (Fsp3) is 0.214. The van der Waals surface area contributed by atoms with Crippen LogP contribution in [-0.2, 0) is 11.2 Å². The number of aromatic nitrogens is 3. The first-order chi connectivity index (χ1) is 9.70. The monoisotopic (exact) mass is 286 g/mol. The summed E-state index contributed by atoms with van der Waals surface area (Å²) in [7, 11) is 0. The van der Waals surface area contributed by atoms with Crippen molar-refractivity contribution in [2.45, 2.75) is 19.8 Å². The van der Waals surface area contributed by atoms with Crippen LogP contribution in [0, 0.1) is 6.92 Å². The largest absolute Gasteiger partial charge is 0.342 e. The van der Waals surface area contributed by atoms with Crippen LogP contribution < -0.4 is 5.32 Å². The van der Waals surface area contributed by atoms with Crippen molar-refractivity contribution in [2.24, 2.45) is 0 Å². The van der Waals surface area contributed by atoms with Gasteiger partial charge < -0.3 is 10.3 Å². The molecular weight excluding hydrogens is 272 g/mol. The number of hydrogen-bond donors (Lipinski definition) is 2. The van der Waals surface area contributed by atoms with Crippen LogP contribution >= 0.6 is 11.3 Å². The van der Waals surface area contributed by atoms with Gasteiger partial charge in [0.15, 0.2) is 5.13 Å². The van der Waals surface area contributed by atoms with Gasteiger partial charge in [-0.25, -0.2) is 9.97 Å². The number of para-hydroxylation sites is 2. The van der Waals surface area contributed by atoms with Crippen molar-refractivity contribution < 1.29 is 4.79 Å². The second kappa shape index (κ2) is 5.42. The Hall–Kier alpha value is -2.21. The number of imidazole rings is 1. The summed E-state index contributed by atoms with van der Waals surface area (Å²) in [6, 6.07) is 7.84. The van der Waals surface area contributed by atoms with Crippen LogP contribution in [0.3, 0.4) is 0 Å². The number of amides is 1. The van der Waals surface area contributed by atoms with Gasteiger partial charge in [0.05, 0.1) is 11.0 Å². The summed E-state index contributed by atoms with van der Waals surface area (Å²) >= 11 is 1.48. The topological polar surface area (TPSA) is 70.7 Å². The summed E-state index contributed by atoms with van der Waals surface area (Å²) in [4.78, 5) is 24.7. The van der Waals surface area contributed by atoms with Gasteiger partial charge in [-0.3, -0.25) is 4.79 Å². The van der Waals surface area contributed by atoms with Gasteiger partial charge in [-0.15, -0.1) is 11.3 Å². The maximum atomic E-state index is 11.8. The number of aryl methyl sites for hydroxylation is 2. The zero-order valence-corrected chi connectivity index (χ0v) is 11.8. The molecule has 0 radical (unpaired) electrons. The highest BCUT2D eigenvalue weighted by molar-refractivity contribution is 7.15. The molecule has 0 spiro atoms. The van der Waals surface area contributed by atoms with E-state index in [-0.39, 0.29) is 5.91 Å². The van der Waals surface area contributed by atoms with Gasteiger partial charge in [0.1, 0.15) is 5.82 Å². The number of fused-ring (bicyclic) bond motifs is 1. The zero-order valence-electron chi connectivity index (χ0n) is 11.0. The number of H-pyrrole nitrogens is 1. The number of nitrogens with zero attached hydrogens (tertiary/aromatic N) is 2. The minimum Gasteiger partial charge on any atom is -0.342 e. The summed E-state index contributed by atoms with van der Waals surface area (Å²) in [6.07, 6.45) is 2.73. The first-order valence-electron chi connectivity index (χ1n) is 6.36. The molecule has 0 fully saturated rings. The molecule has 0 saturated carbocycles. The van der Waals surface area contributed by atoms with Gasteiger partial charge in [-0.05, 0) is 19.1 Å². The Kier molecular flexibility index (Phi) is 3.47. The molecule has 3 aromatic rings. The van der Waals surface area contributed by atoms with Gasteiger partial charge in [0, 0.05) is 23.9 Å². The Morgan fingerprint density at radius 1 is 1.40 bits per heavy atom. The van der Waals surface area contributed by atoms with E-state index in [1.807, 2.05) is 31.2 Å². The third kappa shape index (κ3) is 2.85. The standard InChI is InChI=1S/C14H14N4OS/c1-9-8-15-14(20-9)18-13(19)7-6-12-16-10-4-2-3-5-11(10)17-12/h2-5,8H,6-7H2,1H3,(H,16,17)(H,15,18,19). The van der Waals surface area contributed by atoms with Crippen molar-refractivity contribution in [2.75, 3.05) is 5.32 Å². The van der Waals surface area contributed by atoms with Crippen molar-refractivity contribution >= 4 is 33.4 Å². The summed E-state index contributed by atoms with van der Waals surface area (Å²) in [6.45, 7) is 1.96. The average molecular weight is 286 g/mol. The minimum atomic E-state index is -0.0418. The molecule has 2 N–H and O–H groups in total. The maximum Gasteiger partial charge on any atom is 0.226 e. The maximum absolute atomic E-state index is 11.8. The molecule has 6 heteroatoms. The predicted molar refractivity (Wildman–Crippen MR) is 79.9 cm³/mol. The van der Waals surface area contributed by atoms with Crippen LogP contribution in [0.2, 0.25) is 0 Å². The van der Waals surface area contributed by atoms with E-state index in [4.69, 9.17) is 0 Å². The van der Waals surface area contributed by atoms with E-state index in [1.54, 1.807) is 6.20 Å². The number of carbonyl (C=O) groups is 1. The molecule has 2 aromatic heterocycles. The molecule has 3 rings (SSSR count). The van der Waals surface area contributed by atoms with Crippen LogP contribution in [0.1, 0.15) is 17.1 Å². The highest BCUT2D eigenvalue weighted by atomic mass is 32.1. The lowest BCUT2D eigenvalue weighted by atomic mass is 10.3. The van der Waals surface area contributed by atoms with Crippen LogP contribution in [0.4, 0.5) is 5.13 Å². The van der Waals surface area contributed by atoms with Crippen molar-refractivity contribution in [1.29, 1.82) is 0 Å². The SMILES string of the molecule is Cc1cnc(NC(=O)CCc2nc3ccccc3[nH]2)s1. The van der Waals surface area contributed by atoms with Crippen LogP contribution in [0.15, 0.2) is 30.5 Å². The molecule has 0 saturated heterocycles. The molecule has 1 amide bonds. The van der Waals surface area contributed by atoms with E-state index in [1.165, 1.54) is 11.3 Å². The Morgan fingerprint density at radius 2 is 2.25 bits per heavy atom. The van der Waals surface area contributed by atoms with Crippen LogP contribution in [0.25, 0.3) is 11.0 Å². The predicted octanol–water partition coefficient (Wildman–Crippen LogP) is 2.90. The summed E-state index contributed by atoms with van der Waals surface area (Å²) < 4.78 is 0. The summed E-state index contributed by atoms with van der Waals surface area (Å²) in [5, 5.41) is 3.44. The third-order valence-electron chi connectivity index (χ3n) is 2.89. The van der Waals surface area contributed by atoms with Crippen molar-refractivity contribution in [1.82, 2.24) is 15.0 Å². The average Bonchev–Trinajstić information content (AvgIpc) is 3.02. The molecule has 2 heterocycles. The third-order valence-corrected chi connectivity index (χ3v) is 3.72. The van der Waals surface area contributed by atoms with Crippen molar-refractivity contribution in [3.05, 3.63) is 41.2 Å². The second-order valence-corrected chi connectivity index (χ2v) is 5.76. The fourth-order valence-corrected chi connectivity index (χ4v) is 2.63. The fourth-order valence-electron chi connectivity index (χ4n) is 1.95. The molecule has 0 aliphatic heterocycles. The Labute approximate surface area is 120 Å². The smallest absolute Gasteiger partial charge is 0.226 e. The lowest BCUT2D eigenvalue weighted by molar-refractivity contribution is -0.116. The lowest BCUT2D eigenvalue weighted by Crippen LogP contribution is -2.12. The molecule has 102 valence electrons. The Morgan fingerprint density at radius 3 is 3.00 bits per heavy atom. The van der Waals surface area contributed by atoms with E-state index in [9.17, 15) is 4.79 Å². The number of rotatable bonds is 4. The van der Waals surface area contributed by atoms with Gasteiger partial charge in [0.2, 0.25) is 5.91 Å². The number of carbonyl (C=O) groups excluding carboxylic acids is 1. The van der Waals surface area contributed by atoms with Crippen LogP contribution in [-0.4, -0.2) is 20.9 Å². The van der Waals surface area contributed by atoms with Crippen LogP contribution in [0.5, 0.6) is 0 Å². The molecule has 5 nitrogen and oxygen atoms in total. The number of hydrogen-bond acceptors (Lipinski definition) is 4. The highest BCUT2D eigenvalue weighted by Gasteiger charge is 2.08. The van der Waals surface area contributed by atoms with Crippen molar-refractivity contribution in [3.63, 3.8) is 0 Å². The highest BCUT2D eigenvalue weighted by Crippen LogP contribution is 2.17. The van der Waals surface area contributed by atoms with Crippen molar-refractivity contribution in [3.8, 4) is 0 Å². The molecule has 0 atom stereocenters. The number of aromatic amines is 1. The number of thiazole rings is 1. The first kappa shape index (κ1) is 12.8. The van der Waals surface area contributed by atoms with Gasteiger partial charge in [-0.2, -0.15) is 0 Å². The van der Waals surface area contributed by atoms with E-state index >= 15 is 0 Å². The molecular formula is C14H14N4OS. The van der Waals surface area contributed by atoms with Gasteiger partial charge in [0.25, 0.3) is 0 Å². The normalized spacial score (nSPS) is 10.8. The van der Waals surface area contributed by atoms with E-state index in [2.05, 4.69) is 20.3 Å². The molecule has 0 aliphatic rings. The molecule has 0 unspecified atom stereocenters. The van der Waals surface area contributed by atoms with E-state index < -0.39 is 0 Å². The molecule has 20 heavy (non-hydrogen) atoms. The number of nitrogens with one attached hydrogen (secondary N) is 2. The Balaban J connectivity index is 1.59. The minimum absolute atomic E-state index is 0.0418. The number of anilines is 1. The molecule has 0 aliphatic carbocycles. The first-order valence-corrected chi connectivity index (χ1v) is 7.18. The summed E-state index contributed by atoms with van der Waals surface area (Å²) in [5.41, 5.74) is 1.93. The van der Waals surface area contributed by atoms with E-state index in [0.717, 1.165) is 21.7 Å². The van der Waals surface area contributed by atoms with Gasteiger partial charge in [-0.1, -0.05) is 12.1 Å². The second-order valence-electron chi connectivity index (χ2n) is 4.52. The zero-order chi connectivity index (χ0) is 13.9. The molecule has 1 aromatic carbocycles. The molecule has 0 bridgehead atoms. The number of benzene rings is 1. The summed E-state index contributed by atoms with van der Waals surface area (Å²) in [5.74, 6) is 0.788. The Bertz CT molecular complexity index is 713. The quantitative estimate of drug-likeness (QED) is 0.774. The van der Waals surface area contributed by atoms with Gasteiger partial charge >= 0.3 is 0 Å². The van der Waals surface area contributed by atoms with E-state index in [0.29, 0.717) is 18.0 Å².